The monoisotopic (exact) mass is 361 g/mol. The van der Waals surface area contributed by atoms with Crippen molar-refractivity contribution in [3.63, 3.8) is 0 Å². The number of carbonyl (C=O) groups is 1. The van der Waals surface area contributed by atoms with E-state index >= 15 is 0 Å². The van der Waals surface area contributed by atoms with Crippen LogP contribution in [0.3, 0.4) is 0 Å². The van der Waals surface area contributed by atoms with Crippen LogP contribution in [0.4, 0.5) is 4.39 Å². The molecule has 1 amide bonds. The summed E-state index contributed by atoms with van der Waals surface area (Å²) in [5.74, 6) is -0.220. The van der Waals surface area contributed by atoms with Gasteiger partial charge in [0.2, 0.25) is 5.91 Å². The van der Waals surface area contributed by atoms with Gasteiger partial charge in [0.1, 0.15) is 18.1 Å². The van der Waals surface area contributed by atoms with Crippen molar-refractivity contribution in [3.05, 3.63) is 47.0 Å². The minimum atomic E-state index is -0.236. The van der Waals surface area contributed by atoms with Crippen molar-refractivity contribution in [1.29, 1.82) is 0 Å². The first-order chi connectivity index (χ1) is 12.4. The third-order valence-corrected chi connectivity index (χ3v) is 4.55. The lowest BCUT2D eigenvalue weighted by Gasteiger charge is -2.32. The van der Waals surface area contributed by atoms with Crippen LogP contribution in [0.25, 0.3) is 0 Å². The molecule has 0 aliphatic carbocycles. The zero-order valence-corrected chi connectivity index (χ0v) is 15.4. The minimum Gasteiger partial charge on any atom is -0.371 e. The molecule has 0 bridgehead atoms. The largest absolute Gasteiger partial charge is 0.371 e. The lowest BCUT2D eigenvalue weighted by molar-refractivity contribution is -0.133. The summed E-state index contributed by atoms with van der Waals surface area (Å²) in [6.07, 6.45) is 0. The Kier molecular flexibility index (Phi) is 5.63. The number of rotatable bonds is 6. The maximum absolute atomic E-state index is 13.1. The highest BCUT2D eigenvalue weighted by molar-refractivity contribution is 5.76. The molecule has 0 radical (unpaired) electrons. The molecule has 8 heteroatoms. The first-order valence-electron chi connectivity index (χ1n) is 8.57. The smallest absolute Gasteiger partial charge is 0.248 e. The van der Waals surface area contributed by atoms with Gasteiger partial charge < -0.3 is 9.64 Å². The van der Waals surface area contributed by atoms with E-state index < -0.39 is 0 Å². The van der Waals surface area contributed by atoms with Crippen molar-refractivity contribution in [2.24, 2.45) is 7.05 Å². The van der Waals surface area contributed by atoms with Crippen LogP contribution in [0.15, 0.2) is 24.3 Å². The van der Waals surface area contributed by atoms with Crippen molar-refractivity contribution >= 4 is 5.91 Å². The molecule has 3 rings (SSSR count). The average Bonchev–Trinajstić information content (AvgIpc) is 2.98. The quantitative estimate of drug-likeness (QED) is 0.773. The normalized spacial score (nSPS) is 17.2. The number of hydrogen-bond donors (Lipinski definition) is 0. The molecule has 0 fully saturated rings. The highest BCUT2D eigenvalue weighted by Gasteiger charge is 2.30. The standard InChI is InChI=1S/C18H24FN5O2/c1-22(2)17(25)12-26-11-14-9-24(8-13-4-6-15(19)7-5-13)10-16-18(14)23(3)21-20-16/h4-7,14H,8-12H2,1-3H3/t14-/m1/s1. The van der Waals surface area contributed by atoms with Gasteiger partial charge >= 0.3 is 0 Å². The highest BCUT2D eigenvalue weighted by Crippen LogP contribution is 2.27. The van der Waals surface area contributed by atoms with Gasteiger partial charge in [-0.2, -0.15) is 0 Å². The van der Waals surface area contributed by atoms with Gasteiger partial charge in [-0.15, -0.1) is 5.10 Å². The number of likely N-dealkylation sites (N-methyl/N-ethyl adjacent to an activating group) is 1. The number of hydrogen-bond acceptors (Lipinski definition) is 5. The van der Waals surface area contributed by atoms with Gasteiger partial charge in [0.15, 0.2) is 0 Å². The van der Waals surface area contributed by atoms with Crippen LogP contribution in [0, 0.1) is 5.82 Å². The third kappa shape index (κ3) is 4.25. The number of halogens is 1. The summed E-state index contributed by atoms with van der Waals surface area (Å²) in [5.41, 5.74) is 3.02. The number of benzene rings is 1. The summed E-state index contributed by atoms with van der Waals surface area (Å²) in [6, 6.07) is 6.53. The van der Waals surface area contributed by atoms with Crippen LogP contribution in [0.2, 0.25) is 0 Å². The van der Waals surface area contributed by atoms with Gasteiger partial charge in [-0.25, -0.2) is 4.39 Å². The Hall–Kier alpha value is -2.32. The van der Waals surface area contributed by atoms with E-state index in [0.717, 1.165) is 23.5 Å². The predicted molar refractivity (Wildman–Crippen MR) is 93.8 cm³/mol. The van der Waals surface area contributed by atoms with E-state index in [9.17, 15) is 9.18 Å². The molecule has 1 aliphatic rings. The Morgan fingerprint density at radius 1 is 1.35 bits per heavy atom. The molecular weight excluding hydrogens is 337 g/mol. The van der Waals surface area contributed by atoms with Crippen LogP contribution in [-0.2, 0) is 29.7 Å². The van der Waals surface area contributed by atoms with Crippen molar-refractivity contribution < 1.29 is 13.9 Å². The number of aromatic nitrogens is 3. The topological polar surface area (TPSA) is 63.5 Å². The van der Waals surface area contributed by atoms with Gasteiger partial charge in [0.25, 0.3) is 0 Å². The Morgan fingerprint density at radius 3 is 2.77 bits per heavy atom. The fourth-order valence-corrected chi connectivity index (χ4v) is 3.21. The third-order valence-electron chi connectivity index (χ3n) is 4.55. The number of aryl methyl sites for hydroxylation is 1. The second-order valence-corrected chi connectivity index (χ2v) is 6.84. The molecule has 2 aromatic rings. The fourth-order valence-electron chi connectivity index (χ4n) is 3.21. The second-order valence-electron chi connectivity index (χ2n) is 6.84. The summed E-state index contributed by atoms with van der Waals surface area (Å²) >= 11 is 0. The van der Waals surface area contributed by atoms with E-state index in [4.69, 9.17) is 4.74 Å². The zero-order valence-electron chi connectivity index (χ0n) is 15.4. The number of nitrogens with zero attached hydrogens (tertiary/aromatic N) is 5. The van der Waals surface area contributed by atoms with E-state index in [1.165, 1.54) is 17.0 Å². The van der Waals surface area contributed by atoms with Crippen LogP contribution in [0.1, 0.15) is 22.9 Å². The lowest BCUT2D eigenvalue weighted by Crippen LogP contribution is -2.36. The zero-order chi connectivity index (χ0) is 18.7. The van der Waals surface area contributed by atoms with Gasteiger partial charge in [-0.1, -0.05) is 17.3 Å². The van der Waals surface area contributed by atoms with E-state index in [-0.39, 0.29) is 24.2 Å². The Bertz CT molecular complexity index is 759. The molecule has 0 saturated heterocycles. The molecule has 2 heterocycles. The summed E-state index contributed by atoms with van der Waals surface area (Å²) in [6.45, 7) is 2.63. The SMILES string of the molecule is CN(C)C(=O)COC[C@H]1CN(Cc2ccc(F)cc2)Cc2nnn(C)c21. The van der Waals surface area contributed by atoms with Crippen molar-refractivity contribution in [3.8, 4) is 0 Å². The van der Waals surface area contributed by atoms with Crippen LogP contribution in [-0.4, -0.2) is 64.6 Å². The minimum absolute atomic E-state index is 0.0576. The van der Waals surface area contributed by atoms with Gasteiger partial charge in [0.05, 0.1) is 12.3 Å². The number of ether oxygens (including phenoxy) is 1. The van der Waals surface area contributed by atoms with Crippen molar-refractivity contribution in [2.45, 2.75) is 19.0 Å². The van der Waals surface area contributed by atoms with Gasteiger partial charge in [-0.05, 0) is 17.7 Å². The Labute approximate surface area is 152 Å². The number of carbonyl (C=O) groups excluding carboxylic acids is 1. The van der Waals surface area contributed by atoms with Crippen molar-refractivity contribution in [2.75, 3.05) is 33.9 Å². The second kappa shape index (κ2) is 7.92. The number of amides is 1. The molecule has 1 atom stereocenters. The summed E-state index contributed by atoms with van der Waals surface area (Å²) in [4.78, 5) is 15.5. The van der Waals surface area contributed by atoms with E-state index in [1.54, 1.807) is 30.9 Å². The lowest BCUT2D eigenvalue weighted by atomic mass is 9.98. The maximum Gasteiger partial charge on any atom is 0.248 e. The van der Waals surface area contributed by atoms with E-state index in [0.29, 0.717) is 19.7 Å². The summed E-state index contributed by atoms with van der Waals surface area (Å²) in [5, 5.41) is 8.40. The molecule has 0 unspecified atom stereocenters. The van der Waals surface area contributed by atoms with Crippen LogP contribution < -0.4 is 0 Å². The first kappa shape index (κ1) is 18.5. The molecule has 1 aliphatic heterocycles. The van der Waals surface area contributed by atoms with Crippen LogP contribution >= 0.6 is 0 Å². The average molecular weight is 361 g/mol. The molecule has 26 heavy (non-hydrogen) atoms. The molecule has 1 aromatic carbocycles. The highest BCUT2D eigenvalue weighted by atomic mass is 19.1. The van der Waals surface area contributed by atoms with Gasteiger partial charge in [-0.3, -0.25) is 14.4 Å². The number of fused-ring (bicyclic) bond motifs is 1. The predicted octanol–water partition coefficient (Wildman–Crippen LogP) is 1.16. The first-order valence-corrected chi connectivity index (χ1v) is 8.57. The molecule has 0 N–H and O–H groups in total. The summed E-state index contributed by atoms with van der Waals surface area (Å²) in [7, 11) is 5.29. The van der Waals surface area contributed by atoms with E-state index in [2.05, 4.69) is 15.2 Å². The molecular formula is C18H24FN5O2. The molecule has 0 spiro atoms. The Balaban J connectivity index is 1.68. The molecule has 1 aromatic heterocycles. The van der Waals surface area contributed by atoms with Gasteiger partial charge in [0, 0.05) is 46.7 Å². The maximum atomic E-state index is 13.1. The van der Waals surface area contributed by atoms with Crippen LogP contribution in [0.5, 0.6) is 0 Å². The molecule has 0 saturated carbocycles. The molecule has 7 nitrogen and oxygen atoms in total. The Morgan fingerprint density at radius 2 is 2.08 bits per heavy atom. The fraction of sp³-hybridized carbons (Fsp3) is 0.500. The van der Waals surface area contributed by atoms with Crippen molar-refractivity contribution in [1.82, 2.24) is 24.8 Å². The van der Waals surface area contributed by atoms with E-state index in [1.807, 2.05) is 7.05 Å². The summed E-state index contributed by atoms with van der Waals surface area (Å²) < 4.78 is 20.5. The molecule has 140 valence electrons.